The maximum atomic E-state index is 13.4. The molecule has 22 heavy (non-hydrogen) atoms. The van der Waals surface area contributed by atoms with E-state index < -0.39 is 17.2 Å². The van der Waals surface area contributed by atoms with E-state index in [4.69, 9.17) is 5.11 Å². The summed E-state index contributed by atoms with van der Waals surface area (Å²) < 4.78 is 13.4. The summed E-state index contributed by atoms with van der Waals surface area (Å²) in [5, 5.41) is 20.0. The van der Waals surface area contributed by atoms with E-state index in [1.165, 1.54) is 0 Å². The van der Waals surface area contributed by atoms with Gasteiger partial charge in [0.15, 0.2) is 11.4 Å². The minimum atomic E-state index is -1.47. The minimum absolute atomic E-state index is 0.0817. The zero-order valence-corrected chi connectivity index (χ0v) is 13.5. The largest absolute Gasteiger partial charge is 0.392 e. The first kappa shape index (κ1) is 16.9. The van der Waals surface area contributed by atoms with Crippen molar-refractivity contribution < 1.29 is 19.4 Å². The van der Waals surface area contributed by atoms with Crippen LogP contribution in [-0.4, -0.2) is 34.4 Å². The van der Waals surface area contributed by atoms with Crippen LogP contribution in [0, 0.1) is 23.2 Å². The molecule has 0 aromatic carbocycles. The molecule has 0 amide bonds. The van der Waals surface area contributed by atoms with E-state index in [-0.39, 0.29) is 24.7 Å². The predicted octanol–water partition coefficient (Wildman–Crippen LogP) is 2.33. The first-order chi connectivity index (χ1) is 10.1. The van der Waals surface area contributed by atoms with E-state index in [1.807, 2.05) is 0 Å². The molecule has 0 aliphatic heterocycles. The molecule has 120 valence electrons. The minimum Gasteiger partial charge on any atom is -0.392 e. The fourth-order valence-corrected chi connectivity index (χ4v) is 3.12. The van der Waals surface area contributed by atoms with Crippen molar-refractivity contribution in [3.05, 3.63) is 22.8 Å². The summed E-state index contributed by atoms with van der Waals surface area (Å²) in [6.45, 7) is 6.90. The third-order valence-electron chi connectivity index (χ3n) is 4.75. The lowest BCUT2D eigenvalue weighted by Crippen LogP contribution is -2.50. The monoisotopic (exact) mass is 306 g/mol. The van der Waals surface area contributed by atoms with Crippen molar-refractivity contribution in [2.75, 3.05) is 6.61 Å². The molecule has 0 saturated heterocycles. The van der Waals surface area contributed by atoms with Gasteiger partial charge >= 0.3 is 0 Å². The number of alkyl halides is 1. The summed E-state index contributed by atoms with van der Waals surface area (Å²) in [6.07, 6.45) is 1.07. The second kappa shape index (κ2) is 5.64. The number of hydrogen-bond donors (Lipinski definition) is 2. The van der Waals surface area contributed by atoms with Gasteiger partial charge in [0.2, 0.25) is 0 Å². The van der Waals surface area contributed by atoms with Crippen LogP contribution in [-0.2, 0) is 4.79 Å². The van der Waals surface area contributed by atoms with Crippen molar-refractivity contribution in [2.45, 2.75) is 52.3 Å². The standard InChI is InChI=1S/C18H23FO3/c1-11(6-8-20)5-7-18(22)12(2)16(13-9-14(13)19)15(21)10-17(18,3)4/h6,13-14,20,22H,8-10H2,1-4H3/b11-6-. The number of Topliss-reactive ketones (excluding diaryl/α,β-unsaturated/α-hetero) is 1. The van der Waals surface area contributed by atoms with Crippen molar-refractivity contribution in [2.24, 2.45) is 11.3 Å². The van der Waals surface area contributed by atoms with Crippen molar-refractivity contribution in [3.63, 3.8) is 0 Å². The van der Waals surface area contributed by atoms with Crippen LogP contribution in [0.1, 0.15) is 40.5 Å². The highest BCUT2D eigenvalue weighted by Gasteiger charge is 2.55. The van der Waals surface area contributed by atoms with Crippen LogP contribution in [0.3, 0.4) is 0 Å². The molecule has 0 aromatic heterocycles. The summed E-state index contributed by atoms with van der Waals surface area (Å²) >= 11 is 0. The molecule has 0 heterocycles. The van der Waals surface area contributed by atoms with Crippen LogP contribution in [0.15, 0.2) is 22.8 Å². The van der Waals surface area contributed by atoms with E-state index in [9.17, 15) is 14.3 Å². The molecule has 4 heteroatoms. The molecule has 2 aliphatic rings. The average Bonchev–Trinajstić information content (AvgIpc) is 3.11. The Hall–Kier alpha value is -1.44. The Kier molecular flexibility index (Phi) is 4.34. The van der Waals surface area contributed by atoms with Crippen molar-refractivity contribution in [1.29, 1.82) is 0 Å². The summed E-state index contributed by atoms with van der Waals surface area (Å²) in [7, 11) is 0. The molecular weight excluding hydrogens is 283 g/mol. The highest BCUT2D eigenvalue weighted by molar-refractivity contribution is 5.99. The fourth-order valence-electron chi connectivity index (χ4n) is 3.12. The smallest absolute Gasteiger partial charge is 0.160 e. The van der Waals surface area contributed by atoms with Gasteiger partial charge in [-0.25, -0.2) is 4.39 Å². The SMILES string of the molecule is CC1=C(C2CC2F)C(=O)CC(C)(C)C1(O)C#C/C(C)=C\CO. The number of aliphatic hydroxyl groups excluding tert-OH is 1. The van der Waals surface area contributed by atoms with Crippen LogP contribution in [0.25, 0.3) is 0 Å². The van der Waals surface area contributed by atoms with Crippen LogP contribution >= 0.6 is 0 Å². The van der Waals surface area contributed by atoms with Crippen LogP contribution in [0.2, 0.25) is 0 Å². The number of hydrogen-bond acceptors (Lipinski definition) is 3. The second-order valence-electron chi connectivity index (χ2n) is 6.91. The number of carbonyl (C=O) groups is 1. The fraction of sp³-hybridized carbons (Fsp3) is 0.611. The number of allylic oxidation sites excluding steroid dienone is 2. The third-order valence-corrected chi connectivity index (χ3v) is 4.75. The molecule has 1 saturated carbocycles. The average molecular weight is 306 g/mol. The lowest BCUT2D eigenvalue weighted by molar-refractivity contribution is -0.122. The number of rotatable bonds is 2. The Labute approximate surface area is 130 Å². The van der Waals surface area contributed by atoms with E-state index >= 15 is 0 Å². The number of halogens is 1. The summed E-state index contributed by atoms with van der Waals surface area (Å²) in [4.78, 5) is 12.3. The van der Waals surface area contributed by atoms with Crippen LogP contribution in [0.4, 0.5) is 4.39 Å². The highest BCUT2D eigenvalue weighted by Crippen LogP contribution is 2.51. The molecule has 3 unspecified atom stereocenters. The lowest BCUT2D eigenvalue weighted by atomic mass is 9.62. The zero-order valence-electron chi connectivity index (χ0n) is 13.5. The van der Waals surface area contributed by atoms with Crippen molar-refractivity contribution in [3.8, 4) is 11.8 Å². The molecule has 3 atom stereocenters. The van der Waals surface area contributed by atoms with Gasteiger partial charge in [0.05, 0.1) is 6.61 Å². The third kappa shape index (κ3) is 2.76. The van der Waals surface area contributed by atoms with Gasteiger partial charge in [-0.15, -0.1) is 0 Å². The topological polar surface area (TPSA) is 57.5 Å². The van der Waals surface area contributed by atoms with Gasteiger partial charge in [0.1, 0.15) is 6.17 Å². The normalized spacial score (nSPS) is 34.3. The lowest BCUT2D eigenvalue weighted by Gasteiger charge is -2.44. The molecule has 0 radical (unpaired) electrons. The summed E-state index contributed by atoms with van der Waals surface area (Å²) in [5.74, 6) is 5.25. The first-order valence-electron chi connectivity index (χ1n) is 7.55. The highest BCUT2D eigenvalue weighted by atomic mass is 19.1. The molecule has 2 N–H and O–H groups in total. The number of ketones is 1. The molecular formula is C18H23FO3. The zero-order chi connectivity index (χ0) is 16.7. The van der Waals surface area contributed by atoms with Gasteiger partial charge in [-0.1, -0.05) is 25.7 Å². The van der Waals surface area contributed by atoms with Gasteiger partial charge in [-0.2, -0.15) is 0 Å². The number of carbonyl (C=O) groups excluding carboxylic acids is 1. The Morgan fingerprint density at radius 1 is 1.50 bits per heavy atom. The maximum absolute atomic E-state index is 13.4. The van der Waals surface area contributed by atoms with Crippen LogP contribution < -0.4 is 0 Å². The van der Waals surface area contributed by atoms with Gasteiger partial charge < -0.3 is 10.2 Å². The van der Waals surface area contributed by atoms with Gasteiger partial charge in [0.25, 0.3) is 0 Å². The molecule has 3 nitrogen and oxygen atoms in total. The molecule has 0 spiro atoms. The molecule has 0 aromatic rings. The van der Waals surface area contributed by atoms with E-state index in [0.29, 0.717) is 23.1 Å². The quantitative estimate of drug-likeness (QED) is 0.770. The van der Waals surface area contributed by atoms with E-state index in [1.54, 1.807) is 33.8 Å². The molecule has 2 rings (SSSR count). The molecule has 1 fully saturated rings. The Balaban J connectivity index is 2.51. The van der Waals surface area contributed by atoms with Crippen molar-refractivity contribution >= 4 is 5.78 Å². The van der Waals surface area contributed by atoms with E-state index in [2.05, 4.69) is 11.8 Å². The van der Waals surface area contributed by atoms with Gasteiger partial charge in [-0.3, -0.25) is 4.79 Å². The Bertz CT molecular complexity index is 618. The molecule has 2 aliphatic carbocycles. The van der Waals surface area contributed by atoms with E-state index in [0.717, 1.165) is 0 Å². The van der Waals surface area contributed by atoms with Crippen LogP contribution in [0.5, 0.6) is 0 Å². The molecule has 0 bridgehead atoms. The first-order valence-corrected chi connectivity index (χ1v) is 7.55. The number of aliphatic hydroxyl groups is 2. The van der Waals surface area contributed by atoms with Crippen molar-refractivity contribution in [1.82, 2.24) is 0 Å². The van der Waals surface area contributed by atoms with Gasteiger partial charge in [0, 0.05) is 23.3 Å². The van der Waals surface area contributed by atoms with Gasteiger partial charge in [-0.05, 0) is 37.5 Å². The maximum Gasteiger partial charge on any atom is 0.160 e. The summed E-state index contributed by atoms with van der Waals surface area (Å²) in [6, 6.07) is 0. The summed E-state index contributed by atoms with van der Waals surface area (Å²) in [5.41, 5.74) is -0.670. The second-order valence-corrected chi connectivity index (χ2v) is 6.91. The Morgan fingerprint density at radius 2 is 2.09 bits per heavy atom. The Morgan fingerprint density at radius 3 is 2.59 bits per heavy atom. The predicted molar refractivity (Wildman–Crippen MR) is 82.7 cm³/mol.